The largest absolute Gasteiger partial charge is 0.457 e. The van der Waals surface area contributed by atoms with Crippen LogP contribution < -0.4 is 0 Å². The Morgan fingerprint density at radius 3 is 2.74 bits per heavy atom. The van der Waals surface area contributed by atoms with Crippen molar-refractivity contribution in [2.75, 3.05) is 6.61 Å². The molecule has 142 valence electrons. The number of hydrogen-bond acceptors (Lipinski definition) is 4. The number of carbonyl (C=O) groups excluding carboxylic acids is 3. The van der Waals surface area contributed by atoms with Crippen molar-refractivity contribution in [1.82, 2.24) is 0 Å². The molecule has 0 heterocycles. The first-order valence-electron chi connectivity index (χ1n) is 9.79. The van der Waals surface area contributed by atoms with Crippen molar-refractivity contribution in [2.24, 2.45) is 16.7 Å². The van der Waals surface area contributed by atoms with Crippen molar-refractivity contribution < 1.29 is 19.1 Å². The summed E-state index contributed by atoms with van der Waals surface area (Å²) >= 11 is 0. The molecule has 0 amide bonds. The van der Waals surface area contributed by atoms with Gasteiger partial charge in [-0.25, -0.2) is 0 Å². The van der Waals surface area contributed by atoms with Gasteiger partial charge in [-0.2, -0.15) is 0 Å². The summed E-state index contributed by atoms with van der Waals surface area (Å²) in [4.78, 5) is 35.6. The van der Waals surface area contributed by atoms with Crippen molar-refractivity contribution in [1.29, 1.82) is 0 Å². The Morgan fingerprint density at radius 1 is 1.22 bits per heavy atom. The van der Waals surface area contributed by atoms with Crippen molar-refractivity contribution in [2.45, 2.75) is 52.9 Å². The van der Waals surface area contributed by atoms with Gasteiger partial charge < -0.3 is 4.74 Å². The van der Waals surface area contributed by atoms with Gasteiger partial charge in [0, 0.05) is 23.3 Å². The summed E-state index contributed by atoms with van der Waals surface area (Å²) in [6.07, 6.45) is 12.3. The summed E-state index contributed by atoms with van der Waals surface area (Å²) < 4.78 is 4.95. The zero-order valence-corrected chi connectivity index (χ0v) is 16.3. The van der Waals surface area contributed by atoms with Gasteiger partial charge in [-0.1, -0.05) is 35.8 Å². The normalized spacial score (nSPS) is 34.3. The molecule has 0 N–H and O–H groups in total. The van der Waals surface area contributed by atoms with E-state index in [1.54, 1.807) is 6.08 Å². The quantitative estimate of drug-likeness (QED) is 0.559. The number of ether oxygens (including phenoxy) is 1. The van der Waals surface area contributed by atoms with E-state index in [2.05, 4.69) is 26.0 Å². The molecule has 1 unspecified atom stereocenters. The topological polar surface area (TPSA) is 60.4 Å². The fourth-order valence-electron chi connectivity index (χ4n) is 5.72. The maximum absolute atomic E-state index is 12.7. The highest BCUT2D eigenvalue weighted by Gasteiger charge is 2.51. The molecule has 0 spiro atoms. The van der Waals surface area contributed by atoms with Crippen LogP contribution >= 0.6 is 0 Å². The monoisotopic (exact) mass is 366 g/mol. The lowest BCUT2D eigenvalue weighted by Gasteiger charge is -2.49. The molecule has 0 bridgehead atoms. The summed E-state index contributed by atoms with van der Waals surface area (Å²) in [5.41, 5.74) is 4.67. The van der Waals surface area contributed by atoms with Crippen LogP contribution in [-0.2, 0) is 19.1 Å². The van der Waals surface area contributed by atoms with Crippen molar-refractivity contribution in [3.63, 3.8) is 0 Å². The fourth-order valence-corrected chi connectivity index (χ4v) is 5.72. The highest BCUT2D eigenvalue weighted by atomic mass is 16.5. The Morgan fingerprint density at radius 2 is 2.00 bits per heavy atom. The fraction of sp³-hybridized carbons (Fsp3) is 0.522. The molecule has 0 aromatic rings. The average molecular weight is 366 g/mol. The van der Waals surface area contributed by atoms with Crippen molar-refractivity contribution >= 4 is 17.5 Å². The number of allylic oxidation sites excluding steroid dienone is 7. The molecule has 4 heteroatoms. The Balaban J connectivity index is 1.65. The molecule has 4 aliphatic carbocycles. The number of carbonyl (C=O) groups is 3. The molecule has 4 aliphatic rings. The Hall–Kier alpha value is -2.23. The number of fused-ring (bicyclic) bond motifs is 4. The van der Waals surface area contributed by atoms with E-state index in [4.69, 9.17) is 4.74 Å². The summed E-state index contributed by atoms with van der Waals surface area (Å²) in [6, 6.07) is 0. The number of hydrogen-bond donors (Lipinski definition) is 0. The molecule has 0 fully saturated rings. The van der Waals surface area contributed by atoms with E-state index >= 15 is 0 Å². The summed E-state index contributed by atoms with van der Waals surface area (Å²) in [5.74, 6) is -0.0598. The first-order valence-corrected chi connectivity index (χ1v) is 9.79. The Bertz CT molecular complexity index is 869. The predicted octanol–water partition coefficient (Wildman–Crippen LogP) is 4.03. The van der Waals surface area contributed by atoms with Crippen LogP contribution in [0, 0.1) is 16.7 Å². The molecule has 4 rings (SSSR count). The Labute approximate surface area is 160 Å². The molecule has 27 heavy (non-hydrogen) atoms. The van der Waals surface area contributed by atoms with E-state index in [9.17, 15) is 14.4 Å². The first-order chi connectivity index (χ1) is 12.8. The maximum Gasteiger partial charge on any atom is 0.303 e. The van der Waals surface area contributed by atoms with Crippen LogP contribution in [0.3, 0.4) is 0 Å². The van der Waals surface area contributed by atoms with Gasteiger partial charge in [0.05, 0.1) is 0 Å². The van der Waals surface area contributed by atoms with E-state index in [-0.39, 0.29) is 29.0 Å². The molecular weight excluding hydrogens is 340 g/mol. The number of esters is 1. The number of ketones is 2. The van der Waals surface area contributed by atoms with Gasteiger partial charge in [0.2, 0.25) is 0 Å². The third kappa shape index (κ3) is 2.69. The maximum atomic E-state index is 12.7. The second-order valence-electron chi connectivity index (χ2n) is 8.64. The summed E-state index contributed by atoms with van der Waals surface area (Å²) in [5, 5.41) is 0. The lowest BCUT2D eigenvalue weighted by Crippen LogP contribution is -2.39. The van der Waals surface area contributed by atoms with Crippen molar-refractivity contribution in [3.05, 3.63) is 46.6 Å². The lowest BCUT2D eigenvalue weighted by atomic mass is 9.54. The van der Waals surface area contributed by atoms with Crippen molar-refractivity contribution in [3.8, 4) is 0 Å². The van der Waals surface area contributed by atoms with Gasteiger partial charge in [0.25, 0.3) is 0 Å². The molecule has 0 aliphatic heterocycles. The van der Waals surface area contributed by atoms with Gasteiger partial charge in [-0.15, -0.1) is 0 Å². The highest BCUT2D eigenvalue weighted by Crippen LogP contribution is 2.61. The number of rotatable bonds is 3. The highest BCUT2D eigenvalue weighted by molar-refractivity contribution is 6.01. The van der Waals surface area contributed by atoms with E-state index in [1.807, 2.05) is 6.08 Å². The predicted molar refractivity (Wildman–Crippen MR) is 102 cm³/mol. The smallest absolute Gasteiger partial charge is 0.303 e. The SMILES string of the molecule is CC(=O)OCC(=O)C1=CCC2C3=C(CC[C@]12C)[C@@]1(C)C=CC(=O)C=C1CC3. The minimum absolute atomic E-state index is 0.0648. The zero-order chi connectivity index (χ0) is 19.4. The van der Waals surface area contributed by atoms with E-state index in [0.29, 0.717) is 5.92 Å². The molecule has 0 saturated carbocycles. The lowest BCUT2D eigenvalue weighted by molar-refractivity contribution is -0.145. The average Bonchev–Trinajstić information content (AvgIpc) is 2.97. The molecule has 0 aromatic heterocycles. The van der Waals surface area contributed by atoms with Crippen LogP contribution in [0.4, 0.5) is 0 Å². The third-order valence-corrected chi connectivity index (χ3v) is 7.21. The molecule has 0 radical (unpaired) electrons. The zero-order valence-electron chi connectivity index (χ0n) is 16.3. The third-order valence-electron chi connectivity index (χ3n) is 7.21. The molecular formula is C23H26O4. The minimum Gasteiger partial charge on any atom is -0.457 e. The van der Waals surface area contributed by atoms with E-state index in [0.717, 1.165) is 37.7 Å². The van der Waals surface area contributed by atoms with E-state index < -0.39 is 5.97 Å². The van der Waals surface area contributed by atoms with Crippen LogP contribution in [0.15, 0.2) is 46.6 Å². The van der Waals surface area contributed by atoms with Gasteiger partial charge in [-0.05, 0) is 57.1 Å². The second-order valence-corrected chi connectivity index (χ2v) is 8.64. The van der Waals surface area contributed by atoms with Crippen LogP contribution in [0.2, 0.25) is 0 Å². The van der Waals surface area contributed by atoms with Gasteiger partial charge in [-0.3, -0.25) is 14.4 Å². The standard InChI is InChI=1S/C23H26O4/c1-14(24)27-13-21(26)20-7-6-18-17-5-4-15-12-16(25)8-10-22(15,2)19(17)9-11-23(18,20)3/h7-8,10,12,18H,4-6,9,11,13H2,1-3H3/t18?,22-,23-/m0/s1. The first kappa shape index (κ1) is 18.1. The van der Waals surface area contributed by atoms with Gasteiger partial charge in [0.15, 0.2) is 18.2 Å². The summed E-state index contributed by atoms with van der Waals surface area (Å²) in [7, 11) is 0. The van der Waals surface area contributed by atoms with Crippen LogP contribution in [-0.4, -0.2) is 24.1 Å². The van der Waals surface area contributed by atoms with Crippen LogP contribution in [0.1, 0.15) is 52.9 Å². The number of Topliss-reactive ketones (excluding diaryl/α,β-unsaturated/α-hetero) is 1. The molecule has 0 saturated heterocycles. The summed E-state index contributed by atoms with van der Waals surface area (Å²) in [6.45, 7) is 5.59. The molecule has 0 aromatic carbocycles. The van der Waals surface area contributed by atoms with E-state index in [1.165, 1.54) is 23.6 Å². The van der Waals surface area contributed by atoms with Gasteiger partial charge >= 0.3 is 5.97 Å². The van der Waals surface area contributed by atoms with Crippen LogP contribution in [0.25, 0.3) is 0 Å². The van der Waals surface area contributed by atoms with Crippen LogP contribution in [0.5, 0.6) is 0 Å². The van der Waals surface area contributed by atoms with Gasteiger partial charge in [0.1, 0.15) is 0 Å². The molecule has 4 nitrogen and oxygen atoms in total. The Kier molecular flexibility index (Phi) is 4.13. The second kappa shape index (κ2) is 6.15. The molecule has 3 atom stereocenters. The minimum atomic E-state index is -0.421.